The molecular formula is C18H18ClN3O3S. The van der Waals surface area contributed by atoms with Gasteiger partial charge in [-0.25, -0.2) is 13.4 Å². The van der Waals surface area contributed by atoms with Crippen LogP contribution in [0.3, 0.4) is 0 Å². The molecule has 1 amide bonds. The maximum Gasteiger partial charge on any atom is 0.258 e. The Hall–Kier alpha value is -2.38. The Morgan fingerprint density at radius 3 is 2.73 bits per heavy atom. The molecule has 2 heterocycles. The van der Waals surface area contributed by atoms with Crippen LogP contribution in [0.15, 0.2) is 43.1 Å². The van der Waals surface area contributed by atoms with Crippen LogP contribution >= 0.6 is 11.6 Å². The fourth-order valence-corrected chi connectivity index (χ4v) is 4.48. The lowest BCUT2D eigenvalue weighted by molar-refractivity contribution is 0.102. The number of hydrogen-bond acceptors (Lipinski definition) is 4. The number of carbonyl (C=O) groups is 1. The van der Waals surface area contributed by atoms with Crippen LogP contribution in [0.25, 0.3) is 5.57 Å². The van der Waals surface area contributed by atoms with Crippen molar-refractivity contribution in [1.29, 1.82) is 0 Å². The molecule has 2 aromatic rings. The Kier molecular flexibility index (Phi) is 5.02. The largest absolute Gasteiger partial charge is 0.307 e. The van der Waals surface area contributed by atoms with Crippen molar-refractivity contribution in [2.24, 2.45) is 0 Å². The van der Waals surface area contributed by atoms with Crippen molar-refractivity contribution in [3.63, 3.8) is 0 Å². The molecule has 136 valence electrons. The summed E-state index contributed by atoms with van der Waals surface area (Å²) in [6.07, 6.45) is 2.14. The van der Waals surface area contributed by atoms with Crippen LogP contribution in [0.5, 0.6) is 0 Å². The van der Waals surface area contributed by atoms with Gasteiger partial charge >= 0.3 is 0 Å². The molecule has 1 N–H and O–H groups in total. The van der Waals surface area contributed by atoms with Gasteiger partial charge in [-0.3, -0.25) is 9.10 Å². The molecule has 26 heavy (non-hydrogen) atoms. The molecule has 1 aromatic heterocycles. The maximum absolute atomic E-state index is 12.6. The number of nitrogens with one attached hydrogen (secondary N) is 1. The molecule has 0 spiro atoms. The topological polar surface area (TPSA) is 79.4 Å². The molecule has 8 heteroatoms. The van der Waals surface area contributed by atoms with E-state index in [1.54, 1.807) is 24.4 Å². The highest BCUT2D eigenvalue weighted by Crippen LogP contribution is 2.28. The molecule has 0 bridgehead atoms. The number of rotatable bonds is 4. The number of anilines is 2. The van der Waals surface area contributed by atoms with Crippen molar-refractivity contribution < 1.29 is 13.2 Å². The molecule has 1 aliphatic heterocycles. The third-order valence-electron chi connectivity index (χ3n) is 4.08. The Morgan fingerprint density at radius 2 is 2.08 bits per heavy atom. The number of halogens is 1. The van der Waals surface area contributed by atoms with Gasteiger partial charge in [-0.05, 0) is 49.2 Å². The molecule has 0 unspecified atom stereocenters. The smallest absolute Gasteiger partial charge is 0.258 e. The van der Waals surface area contributed by atoms with E-state index in [9.17, 15) is 13.2 Å². The fourth-order valence-electron chi connectivity index (χ4n) is 2.72. The van der Waals surface area contributed by atoms with Crippen molar-refractivity contribution >= 4 is 44.6 Å². The van der Waals surface area contributed by atoms with Gasteiger partial charge < -0.3 is 5.32 Å². The molecule has 0 aliphatic carbocycles. The first kappa shape index (κ1) is 18.4. The van der Waals surface area contributed by atoms with E-state index in [-0.39, 0.29) is 16.3 Å². The Balaban J connectivity index is 1.89. The van der Waals surface area contributed by atoms with Crippen LogP contribution in [0, 0.1) is 0 Å². The molecule has 1 aromatic carbocycles. The van der Waals surface area contributed by atoms with Crippen LogP contribution in [-0.2, 0) is 10.0 Å². The SMILES string of the molecule is C=C(C)c1ccnc(NC(=O)c2cc(N3CCCS3(=O)=O)ccc2Cl)c1. The number of amides is 1. The summed E-state index contributed by atoms with van der Waals surface area (Å²) in [6, 6.07) is 8.12. The molecular weight excluding hydrogens is 374 g/mol. The van der Waals surface area contributed by atoms with Crippen molar-refractivity contribution in [3.8, 4) is 0 Å². The summed E-state index contributed by atoms with van der Waals surface area (Å²) >= 11 is 6.15. The second-order valence-corrected chi connectivity index (χ2v) is 8.49. The van der Waals surface area contributed by atoms with Crippen LogP contribution in [0.2, 0.25) is 5.02 Å². The van der Waals surface area contributed by atoms with E-state index in [2.05, 4.69) is 16.9 Å². The Morgan fingerprint density at radius 1 is 1.31 bits per heavy atom. The van der Waals surface area contributed by atoms with E-state index in [0.717, 1.165) is 11.1 Å². The second kappa shape index (κ2) is 7.09. The zero-order valence-corrected chi connectivity index (χ0v) is 15.8. The fraction of sp³-hybridized carbons (Fsp3) is 0.222. The molecule has 0 radical (unpaired) electrons. The first-order valence-electron chi connectivity index (χ1n) is 8.01. The van der Waals surface area contributed by atoms with Gasteiger partial charge in [0.25, 0.3) is 5.91 Å². The van der Waals surface area contributed by atoms with E-state index >= 15 is 0 Å². The highest BCUT2D eigenvalue weighted by molar-refractivity contribution is 7.93. The first-order valence-corrected chi connectivity index (χ1v) is 10.00. The van der Waals surface area contributed by atoms with Gasteiger partial charge in [0.2, 0.25) is 10.0 Å². The molecule has 1 aliphatic rings. The standard InChI is InChI=1S/C18H18ClN3O3S/c1-12(2)13-6-7-20-17(10-13)21-18(23)15-11-14(4-5-16(15)19)22-8-3-9-26(22,24)25/h4-7,10-11H,1,3,8-9H2,2H3,(H,20,21,23). The van der Waals surface area contributed by atoms with Crippen molar-refractivity contribution in [2.75, 3.05) is 21.9 Å². The van der Waals surface area contributed by atoms with Crippen LogP contribution in [0.1, 0.15) is 29.3 Å². The number of sulfonamides is 1. The van der Waals surface area contributed by atoms with E-state index < -0.39 is 15.9 Å². The molecule has 3 rings (SSSR count). The molecule has 0 saturated carbocycles. The lowest BCUT2D eigenvalue weighted by Gasteiger charge is -2.18. The van der Waals surface area contributed by atoms with E-state index in [1.807, 2.05) is 6.92 Å². The third kappa shape index (κ3) is 3.73. The number of aromatic nitrogens is 1. The van der Waals surface area contributed by atoms with Gasteiger partial charge in [0, 0.05) is 12.7 Å². The summed E-state index contributed by atoms with van der Waals surface area (Å²) in [5, 5.41) is 2.92. The highest BCUT2D eigenvalue weighted by atomic mass is 35.5. The minimum atomic E-state index is -3.33. The van der Waals surface area contributed by atoms with Crippen molar-refractivity contribution in [1.82, 2.24) is 4.98 Å². The van der Waals surface area contributed by atoms with Gasteiger partial charge in [-0.2, -0.15) is 0 Å². The predicted molar refractivity (Wildman–Crippen MR) is 104 cm³/mol. The molecule has 6 nitrogen and oxygen atoms in total. The number of allylic oxidation sites excluding steroid dienone is 1. The van der Waals surface area contributed by atoms with Gasteiger partial charge in [-0.15, -0.1) is 0 Å². The Labute approximate surface area is 157 Å². The summed E-state index contributed by atoms with van der Waals surface area (Å²) in [7, 11) is -3.33. The highest BCUT2D eigenvalue weighted by Gasteiger charge is 2.29. The zero-order valence-electron chi connectivity index (χ0n) is 14.2. The molecule has 1 fully saturated rings. The maximum atomic E-state index is 12.6. The van der Waals surface area contributed by atoms with Crippen LogP contribution < -0.4 is 9.62 Å². The number of benzene rings is 1. The van der Waals surface area contributed by atoms with Gasteiger partial charge in [0.1, 0.15) is 5.82 Å². The minimum Gasteiger partial charge on any atom is -0.307 e. The summed E-state index contributed by atoms with van der Waals surface area (Å²) in [4.78, 5) is 16.7. The van der Waals surface area contributed by atoms with E-state index in [1.165, 1.54) is 16.4 Å². The van der Waals surface area contributed by atoms with Gasteiger partial charge in [-0.1, -0.05) is 23.8 Å². The molecule has 0 atom stereocenters. The predicted octanol–water partition coefficient (Wildman–Crippen LogP) is 3.56. The van der Waals surface area contributed by atoms with Crippen LogP contribution in [0.4, 0.5) is 11.5 Å². The average molecular weight is 392 g/mol. The lowest BCUT2D eigenvalue weighted by Crippen LogP contribution is -2.25. The average Bonchev–Trinajstić information content (AvgIpc) is 2.94. The minimum absolute atomic E-state index is 0.106. The summed E-state index contributed by atoms with van der Waals surface area (Å²) in [5.41, 5.74) is 2.33. The normalized spacial score (nSPS) is 15.7. The summed E-state index contributed by atoms with van der Waals surface area (Å²) in [5.74, 6) is 0.0139. The van der Waals surface area contributed by atoms with Gasteiger partial charge in [0.15, 0.2) is 0 Å². The van der Waals surface area contributed by atoms with E-state index in [4.69, 9.17) is 11.6 Å². The quantitative estimate of drug-likeness (QED) is 0.864. The summed E-state index contributed by atoms with van der Waals surface area (Å²) < 4.78 is 25.5. The number of carbonyl (C=O) groups excluding carboxylic acids is 1. The number of pyridine rings is 1. The molecule has 1 saturated heterocycles. The number of nitrogens with zero attached hydrogens (tertiary/aromatic N) is 2. The zero-order chi connectivity index (χ0) is 18.9. The monoisotopic (exact) mass is 391 g/mol. The van der Waals surface area contributed by atoms with E-state index in [0.29, 0.717) is 24.5 Å². The van der Waals surface area contributed by atoms with Crippen molar-refractivity contribution in [3.05, 3.63) is 59.3 Å². The third-order valence-corrected chi connectivity index (χ3v) is 6.28. The first-order chi connectivity index (χ1) is 12.3. The second-order valence-electron chi connectivity index (χ2n) is 6.07. The van der Waals surface area contributed by atoms with Crippen molar-refractivity contribution in [2.45, 2.75) is 13.3 Å². The number of hydrogen-bond donors (Lipinski definition) is 1. The lowest BCUT2D eigenvalue weighted by atomic mass is 10.1. The van der Waals surface area contributed by atoms with Gasteiger partial charge in [0.05, 0.1) is 22.0 Å². The van der Waals surface area contributed by atoms with Crippen LogP contribution in [-0.4, -0.2) is 31.6 Å². The summed E-state index contributed by atoms with van der Waals surface area (Å²) in [6.45, 7) is 6.12. The Bertz CT molecular complexity index is 989.